The van der Waals surface area contributed by atoms with Gasteiger partial charge in [-0.1, -0.05) is 40.5 Å². The van der Waals surface area contributed by atoms with Gasteiger partial charge in [0, 0.05) is 24.5 Å². The Hall–Kier alpha value is -4.74. The lowest BCUT2D eigenvalue weighted by Crippen LogP contribution is -2.61. The lowest BCUT2D eigenvalue weighted by molar-refractivity contribution is -0.389. The molecule has 0 fully saturated rings. The third kappa shape index (κ3) is 9.42. The van der Waals surface area contributed by atoms with Gasteiger partial charge in [0.05, 0.1) is 11.1 Å². The van der Waals surface area contributed by atoms with Crippen LogP contribution in [0.1, 0.15) is 79.1 Å². The Bertz CT molecular complexity index is 1810. The van der Waals surface area contributed by atoms with Gasteiger partial charge >= 0.3 is 47.9 Å². The van der Waals surface area contributed by atoms with Crippen molar-refractivity contribution in [3.63, 3.8) is 0 Å². The fraction of sp³-hybridized carbons (Fsp3) is 0.667. The summed E-state index contributed by atoms with van der Waals surface area (Å²) < 4.78 is 248. The molecule has 0 aromatic rings. The summed E-state index contributed by atoms with van der Waals surface area (Å²) in [6.45, 7) is 5.21. The van der Waals surface area contributed by atoms with Crippen molar-refractivity contribution >= 4 is 0 Å². The van der Waals surface area contributed by atoms with Gasteiger partial charge in [0.25, 0.3) is 0 Å². The molecule has 0 unspecified atom stereocenters. The second kappa shape index (κ2) is 17.0. The fourth-order valence-electron chi connectivity index (χ4n) is 6.56. The van der Waals surface area contributed by atoms with E-state index in [4.69, 9.17) is 0 Å². The summed E-state index contributed by atoms with van der Waals surface area (Å²) in [5.41, 5.74) is -11.9. The highest BCUT2D eigenvalue weighted by molar-refractivity contribution is 5.57. The quantitative estimate of drug-likeness (QED) is 0.0960. The Morgan fingerprint density at radius 2 is 0.750 bits per heavy atom. The highest BCUT2D eigenvalue weighted by Crippen LogP contribution is 2.58. The fourth-order valence-corrected chi connectivity index (χ4v) is 6.56. The Balaban J connectivity index is 2.30. The van der Waals surface area contributed by atoms with Crippen LogP contribution in [0.25, 0.3) is 0 Å². The Morgan fingerprint density at radius 3 is 0.983 bits per heavy atom. The van der Waals surface area contributed by atoms with Crippen molar-refractivity contribution in [1.82, 2.24) is 10.6 Å². The number of hydrogen-bond donors (Lipinski definition) is 2. The first kappa shape index (κ1) is 51.4. The largest absolute Gasteiger partial charge is 0.460 e. The molecule has 0 saturated heterocycles. The zero-order valence-electron chi connectivity index (χ0n) is 31.7. The van der Waals surface area contributed by atoms with E-state index in [1.807, 2.05) is 0 Å². The van der Waals surface area contributed by atoms with Crippen LogP contribution in [0.2, 0.25) is 0 Å². The van der Waals surface area contributed by atoms with E-state index in [-0.39, 0.29) is 63.0 Å². The number of rotatable bonds is 15. The number of halogens is 18. The third-order valence-electron chi connectivity index (χ3n) is 9.58. The Morgan fingerprint density at radius 1 is 0.467 bits per heavy atom. The molecule has 2 aliphatic carbocycles. The molecule has 0 aliphatic heterocycles. The van der Waals surface area contributed by atoms with Crippen LogP contribution in [0, 0.1) is 56.2 Å². The molecule has 0 atom stereocenters. The van der Waals surface area contributed by atoms with Crippen LogP contribution < -0.4 is 10.6 Å². The van der Waals surface area contributed by atoms with Crippen LogP contribution in [0.4, 0.5) is 79.0 Å². The molecule has 0 aromatic heterocycles. The molecule has 0 saturated carbocycles. The van der Waals surface area contributed by atoms with Crippen molar-refractivity contribution in [2.75, 3.05) is 13.1 Å². The lowest BCUT2D eigenvalue weighted by atomic mass is 9.72. The first-order valence-corrected chi connectivity index (χ1v) is 17.3. The van der Waals surface area contributed by atoms with Gasteiger partial charge in [-0.25, -0.2) is 0 Å². The maximum atomic E-state index is 14.9. The summed E-state index contributed by atoms with van der Waals surface area (Å²) in [5, 5.41) is 43.6. The van der Waals surface area contributed by atoms with Gasteiger partial charge in [0.1, 0.15) is 35.4 Å². The minimum atomic E-state index is -7.30. The second-order valence-corrected chi connectivity index (χ2v) is 15.6. The molecule has 60 heavy (non-hydrogen) atoms. The normalized spacial score (nSPS) is 20.1. The van der Waals surface area contributed by atoms with Gasteiger partial charge in [0.2, 0.25) is 0 Å². The second-order valence-electron chi connectivity index (χ2n) is 15.6. The molecular formula is C36H34F18N6. The van der Waals surface area contributed by atoms with E-state index in [2.05, 4.69) is 10.6 Å². The third-order valence-corrected chi connectivity index (χ3v) is 9.58. The smallest absolute Gasteiger partial charge is 0.387 e. The van der Waals surface area contributed by atoms with Crippen molar-refractivity contribution in [3.05, 3.63) is 44.8 Å². The van der Waals surface area contributed by atoms with E-state index < -0.39 is 105 Å². The predicted molar refractivity (Wildman–Crippen MR) is 173 cm³/mol. The first-order valence-electron chi connectivity index (χ1n) is 17.3. The van der Waals surface area contributed by atoms with E-state index in [0.29, 0.717) is 12.1 Å². The van der Waals surface area contributed by atoms with Crippen molar-refractivity contribution in [2.24, 2.45) is 10.8 Å². The highest BCUT2D eigenvalue weighted by Gasteiger charge is 2.84. The standard InChI is InChI=1S/C36H34F18N6/c1-27(2)11-19(23(17-57)29(37,38)31(41,42)33(45,46)35(49,50)51)21(15-55)25(13-27)59-9-7-5-6-8-10-60-26-14-28(3,4)12-20(22(26)16-56)24(18-58)30(39,40)32(43,44)34(47,48)36(52,53)54/h59-60H,5-14H2,1-4H3/b23-19+,24-20+. The summed E-state index contributed by atoms with van der Waals surface area (Å²) in [7, 11) is 0. The summed E-state index contributed by atoms with van der Waals surface area (Å²) >= 11 is 0. The molecule has 0 bridgehead atoms. The van der Waals surface area contributed by atoms with E-state index >= 15 is 0 Å². The summed E-state index contributed by atoms with van der Waals surface area (Å²) in [4.78, 5) is 0. The molecular weight excluding hydrogens is 858 g/mol. The van der Waals surface area contributed by atoms with Crippen LogP contribution in [0.15, 0.2) is 44.8 Å². The maximum Gasteiger partial charge on any atom is 0.460 e. The minimum Gasteiger partial charge on any atom is -0.387 e. The van der Waals surface area contributed by atoms with Gasteiger partial charge in [0.15, 0.2) is 0 Å². The van der Waals surface area contributed by atoms with E-state index in [1.165, 1.54) is 39.8 Å². The molecule has 0 amide bonds. The number of alkyl halides is 18. The van der Waals surface area contributed by atoms with E-state index in [0.717, 1.165) is 0 Å². The molecule has 2 N–H and O–H groups in total. The van der Waals surface area contributed by atoms with Crippen LogP contribution in [-0.2, 0) is 0 Å². The molecule has 2 rings (SSSR count). The SMILES string of the molecule is CC1(C)CC(NCCCCCCNC2=C(C#N)/C(=C(\C#N)C(F)(F)C(F)(F)C(F)(F)C(F)(F)F)CC(C)(C)C2)=C(C#N)/C(=C(\C#N)C(F)(F)C(F)(F)C(F)(F)C(F)(F)F)C1. The zero-order chi connectivity index (χ0) is 46.9. The number of nitrogens with one attached hydrogen (secondary N) is 2. The van der Waals surface area contributed by atoms with Crippen LogP contribution in [-0.4, -0.2) is 61.0 Å². The molecule has 2 aliphatic rings. The predicted octanol–water partition coefficient (Wildman–Crippen LogP) is 11.5. The average molecular weight is 893 g/mol. The number of unbranched alkanes of at least 4 members (excludes halogenated alkanes) is 3. The molecule has 0 heterocycles. The average Bonchev–Trinajstić information content (AvgIpc) is 3.07. The molecule has 0 spiro atoms. The molecule has 6 nitrogen and oxygen atoms in total. The Kier molecular flexibility index (Phi) is 14.5. The van der Waals surface area contributed by atoms with Gasteiger partial charge in [-0.2, -0.15) is 100 Å². The monoisotopic (exact) mass is 892 g/mol. The van der Waals surface area contributed by atoms with Gasteiger partial charge < -0.3 is 10.6 Å². The van der Waals surface area contributed by atoms with Crippen LogP contribution >= 0.6 is 0 Å². The number of nitrogens with zero attached hydrogens (tertiary/aromatic N) is 4. The van der Waals surface area contributed by atoms with Gasteiger partial charge in [-0.15, -0.1) is 0 Å². The molecule has 334 valence electrons. The number of allylic oxidation sites excluding steroid dienone is 8. The molecule has 0 radical (unpaired) electrons. The van der Waals surface area contributed by atoms with Crippen LogP contribution in [0.3, 0.4) is 0 Å². The van der Waals surface area contributed by atoms with Crippen molar-refractivity contribution in [1.29, 1.82) is 21.0 Å². The summed E-state index contributed by atoms with van der Waals surface area (Å²) in [6, 6.07) is 4.01. The van der Waals surface area contributed by atoms with Crippen LogP contribution in [0.5, 0.6) is 0 Å². The molecule has 24 heteroatoms. The van der Waals surface area contributed by atoms with Gasteiger partial charge in [-0.05, 0) is 60.5 Å². The topological polar surface area (TPSA) is 119 Å². The Labute approximate surface area is 330 Å². The number of hydrogen-bond acceptors (Lipinski definition) is 6. The van der Waals surface area contributed by atoms with E-state index in [9.17, 15) is 100 Å². The van der Waals surface area contributed by atoms with Crippen molar-refractivity contribution in [3.8, 4) is 24.3 Å². The van der Waals surface area contributed by atoms with Crippen molar-refractivity contribution < 1.29 is 79.0 Å². The highest BCUT2D eigenvalue weighted by atomic mass is 19.4. The zero-order valence-corrected chi connectivity index (χ0v) is 31.7. The van der Waals surface area contributed by atoms with Crippen molar-refractivity contribution in [2.45, 2.75) is 127 Å². The minimum absolute atomic E-state index is 0.0901. The lowest BCUT2D eigenvalue weighted by Gasteiger charge is -2.37. The first-order chi connectivity index (χ1) is 26.9. The molecule has 0 aromatic carbocycles. The van der Waals surface area contributed by atoms with E-state index in [1.54, 1.807) is 0 Å². The summed E-state index contributed by atoms with van der Waals surface area (Å²) in [6.07, 6.45) is -15.3. The summed E-state index contributed by atoms with van der Waals surface area (Å²) in [5.74, 6) is -41.7. The maximum absolute atomic E-state index is 14.9. The number of nitriles is 4. The van der Waals surface area contributed by atoms with Gasteiger partial charge in [-0.3, -0.25) is 0 Å².